The molecule has 0 unspecified atom stereocenters. The Balaban J connectivity index is 1.78. The molecule has 0 saturated carbocycles. The van der Waals surface area contributed by atoms with Gasteiger partial charge in [0.1, 0.15) is 11.6 Å². The van der Waals surface area contributed by atoms with Crippen LogP contribution in [-0.2, 0) is 26.0 Å². The van der Waals surface area contributed by atoms with Crippen LogP contribution in [0.4, 0.5) is 17.3 Å². The van der Waals surface area contributed by atoms with Gasteiger partial charge >= 0.3 is 11.8 Å². The molecule has 1 aliphatic rings. The van der Waals surface area contributed by atoms with Crippen LogP contribution >= 0.6 is 0 Å². The van der Waals surface area contributed by atoms with Crippen LogP contribution in [0.2, 0.25) is 0 Å². The highest BCUT2D eigenvalue weighted by Crippen LogP contribution is 2.33. The third kappa shape index (κ3) is 5.72. The first kappa shape index (κ1) is 23.5. The number of aromatic nitrogens is 2. The van der Waals surface area contributed by atoms with Crippen LogP contribution in [0, 0.1) is 5.92 Å². The van der Waals surface area contributed by atoms with Crippen molar-refractivity contribution in [3.05, 3.63) is 41.7 Å². The monoisotopic (exact) mass is 460 g/mol. The molecule has 0 aliphatic carbocycles. The Morgan fingerprint density at radius 1 is 1.22 bits per heavy atom. The molecule has 2 amide bonds. The van der Waals surface area contributed by atoms with Gasteiger partial charge in [0.2, 0.25) is 10.0 Å². The fourth-order valence-electron chi connectivity index (χ4n) is 3.76. The van der Waals surface area contributed by atoms with Crippen molar-refractivity contribution < 1.29 is 18.0 Å². The molecule has 1 fully saturated rings. The summed E-state index contributed by atoms with van der Waals surface area (Å²) < 4.78 is 25.1. The minimum absolute atomic E-state index is 0.193. The summed E-state index contributed by atoms with van der Waals surface area (Å²) in [5.41, 5.74) is 7.74. The molecule has 2 aromatic rings. The number of nitrogen functional groups attached to an aromatic ring is 1. The zero-order valence-corrected chi connectivity index (χ0v) is 19.1. The number of anilines is 3. The number of hydrogen-bond donors (Lipinski definition) is 3. The Bertz CT molecular complexity index is 1100. The van der Waals surface area contributed by atoms with E-state index in [-0.39, 0.29) is 17.8 Å². The van der Waals surface area contributed by atoms with Crippen molar-refractivity contribution in [1.29, 1.82) is 0 Å². The van der Waals surface area contributed by atoms with E-state index in [0.29, 0.717) is 30.9 Å². The Kier molecular flexibility index (Phi) is 6.97. The number of likely N-dealkylation sites (tertiary alicyclic amines) is 1. The molecule has 2 atom stereocenters. The number of sulfonamides is 1. The summed E-state index contributed by atoms with van der Waals surface area (Å²) in [5, 5.41) is 2.62. The first-order valence-corrected chi connectivity index (χ1v) is 12.3. The number of nitrogens with two attached hydrogens (primary N) is 1. The van der Waals surface area contributed by atoms with E-state index in [1.165, 1.54) is 12.4 Å². The number of piperidine rings is 1. The maximum Gasteiger partial charge on any atom is 0.313 e. The molecular formula is C21H28N6O4S. The Morgan fingerprint density at radius 3 is 2.59 bits per heavy atom. The Morgan fingerprint density at radius 2 is 1.97 bits per heavy atom. The smallest absolute Gasteiger partial charge is 0.313 e. The predicted octanol–water partition coefficient (Wildman–Crippen LogP) is 1.93. The Labute approximate surface area is 187 Å². The summed E-state index contributed by atoms with van der Waals surface area (Å²) in [6.07, 6.45) is 6.21. The fraction of sp³-hybridized carbons (Fsp3) is 0.429. The minimum atomic E-state index is -3.44. The molecule has 0 aromatic carbocycles. The first-order valence-electron chi connectivity index (χ1n) is 10.4. The van der Waals surface area contributed by atoms with Crippen LogP contribution in [-0.4, -0.2) is 47.9 Å². The van der Waals surface area contributed by atoms with Crippen LogP contribution in [0.15, 0.2) is 30.6 Å². The van der Waals surface area contributed by atoms with E-state index in [1.54, 1.807) is 23.1 Å². The van der Waals surface area contributed by atoms with E-state index in [0.717, 1.165) is 23.8 Å². The third-order valence-electron chi connectivity index (χ3n) is 5.37. The first-order chi connectivity index (χ1) is 15.1. The van der Waals surface area contributed by atoms with Gasteiger partial charge in [-0.05, 0) is 48.4 Å². The SMILES string of the molecule is CCc1cc(NC(=O)C(=O)N2C[C@H](C)CC[C@H]2c2ccc(NS(C)(=O)=O)nc2)cnc1N. The molecule has 0 bridgehead atoms. The van der Waals surface area contributed by atoms with Gasteiger partial charge in [-0.3, -0.25) is 14.3 Å². The second-order valence-corrected chi connectivity index (χ2v) is 9.83. The highest BCUT2D eigenvalue weighted by molar-refractivity contribution is 7.92. The van der Waals surface area contributed by atoms with Gasteiger partial charge in [0, 0.05) is 12.7 Å². The van der Waals surface area contributed by atoms with Crippen molar-refractivity contribution in [2.24, 2.45) is 5.92 Å². The molecule has 32 heavy (non-hydrogen) atoms. The average Bonchev–Trinajstić information content (AvgIpc) is 2.74. The van der Waals surface area contributed by atoms with Crippen molar-refractivity contribution in [3.8, 4) is 0 Å². The molecule has 0 spiro atoms. The molecule has 172 valence electrons. The van der Waals surface area contributed by atoms with Gasteiger partial charge in [0.25, 0.3) is 0 Å². The average molecular weight is 461 g/mol. The molecule has 0 radical (unpaired) electrons. The largest absolute Gasteiger partial charge is 0.383 e. The maximum absolute atomic E-state index is 13.1. The summed E-state index contributed by atoms with van der Waals surface area (Å²) >= 11 is 0. The van der Waals surface area contributed by atoms with Crippen LogP contribution in [0.1, 0.15) is 43.9 Å². The maximum atomic E-state index is 13.1. The van der Waals surface area contributed by atoms with Crippen LogP contribution < -0.4 is 15.8 Å². The zero-order chi connectivity index (χ0) is 23.5. The normalized spacial score (nSPS) is 18.8. The lowest BCUT2D eigenvalue weighted by Crippen LogP contribution is -2.46. The van der Waals surface area contributed by atoms with Crippen LogP contribution in [0.5, 0.6) is 0 Å². The van der Waals surface area contributed by atoms with Gasteiger partial charge in [0.05, 0.1) is 24.2 Å². The van der Waals surface area contributed by atoms with Crippen LogP contribution in [0.25, 0.3) is 0 Å². The topological polar surface area (TPSA) is 147 Å². The number of hydrogen-bond acceptors (Lipinski definition) is 7. The molecule has 11 heteroatoms. The Hall–Kier alpha value is -3.21. The molecule has 10 nitrogen and oxygen atoms in total. The molecule has 3 rings (SSSR count). The van der Waals surface area contributed by atoms with Crippen molar-refractivity contribution in [2.75, 3.05) is 28.6 Å². The lowest BCUT2D eigenvalue weighted by Gasteiger charge is -2.38. The van der Waals surface area contributed by atoms with E-state index in [2.05, 4.69) is 20.0 Å². The summed E-state index contributed by atoms with van der Waals surface area (Å²) in [4.78, 5) is 35.6. The van der Waals surface area contributed by atoms with Gasteiger partial charge in [-0.1, -0.05) is 19.9 Å². The number of amides is 2. The van der Waals surface area contributed by atoms with Gasteiger partial charge in [-0.15, -0.1) is 0 Å². The number of nitrogens with zero attached hydrogens (tertiary/aromatic N) is 3. The van der Waals surface area contributed by atoms with Crippen molar-refractivity contribution >= 4 is 39.2 Å². The number of nitrogens with one attached hydrogen (secondary N) is 2. The minimum Gasteiger partial charge on any atom is -0.383 e. The van der Waals surface area contributed by atoms with Crippen LogP contribution in [0.3, 0.4) is 0 Å². The second-order valence-electron chi connectivity index (χ2n) is 8.08. The lowest BCUT2D eigenvalue weighted by atomic mass is 9.90. The second kappa shape index (κ2) is 9.51. The summed E-state index contributed by atoms with van der Waals surface area (Å²) in [6.45, 7) is 4.39. The number of carbonyl (C=O) groups excluding carboxylic acids is 2. The number of carbonyl (C=O) groups is 2. The number of aryl methyl sites for hydroxylation is 1. The molecular weight excluding hydrogens is 432 g/mol. The van der Waals surface area contributed by atoms with E-state index >= 15 is 0 Å². The van der Waals surface area contributed by atoms with E-state index in [1.807, 2.05) is 13.8 Å². The highest BCUT2D eigenvalue weighted by Gasteiger charge is 2.34. The summed E-state index contributed by atoms with van der Waals surface area (Å²) in [7, 11) is -3.44. The molecule has 1 saturated heterocycles. The van der Waals surface area contributed by atoms with E-state index in [9.17, 15) is 18.0 Å². The van der Waals surface area contributed by atoms with Crippen molar-refractivity contribution in [1.82, 2.24) is 14.9 Å². The molecule has 1 aliphatic heterocycles. The van der Waals surface area contributed by atoms with Gasteiger partial charge in [-0.2, -0.15) is 0 Å². The molecule has 4 N–H and O–H groups in total. The summed E-state index contributed by atoms with van der Waals surface area (Å²) in [6, 6.07) is 4.64. The van der Waals surface area contributed by atoms with Gasteiger partial charge in [0.15, 0.2) is 0 Å². The highest BCUT2D eigenvalue weighted by atomic mass is 32.2. The summed E-state index contributed by atoms with van der Waals surface area (Å²) in [5.74, 6) is -0.565. The predicted molar refractivity (Wildman–Crippen MR) is 122 cm³/mol. The van der Waals surface area contributed by atoms with Crippen molar-refractivity contribution in [2.45, 2.75) is 39.2 Å². The van der Waals surface area contributed by atoms with Gasteiger partial charge in [-0.25, -0.2) is 18.4 Å². The van der Waals surface area contributed by atoms with E-state index < -0.39 is 21.8 Å². The van der Waals surface area contributed by atoms with E-state index in [4.69, 9.17) is 5.73 Å². The number of rotatable bonds is 5. The lowest BCUT2D eigenvalue weighted by molar-refractivity contribution is -0.146. The van der Waals surface area contributed by atoms with Gasteiger partial charge < -0.3 is 16.0 Å². The standard InChI is InChI=1S/C21H28N6O4S/c1-4-14-9-16(11-24-19(14)22)25-20(28)21(29)27-12-13(2)5-7-17(27)15-6-8-18(23-10-15)26-32(3,30)31/h6,8-11,13,17H,4-5,7,12H2,1-3H3,(H2,22,24)(H,23,26)(H,25,28)/t13-,17+/m1/s1. The fourth-order valence-corrected chi connectivity index (χ4v) is 4.26. The third-order valence-corrected chi connectivity index (χ3v) is 5.95. The quantitative estimate of drug-likeness (QED) is 0.578. The molecule has 2 aromatic heterocycles. The number of pyridine rings is 2. The zero-order valence-electron chi connectivity index (χ0n) is 18.3. The van der Waals surface area contributed by atoms with Crippen molar-refractivity contribution in [3.63, 3.8) is 0 Å². The molecule has 3 heterocycles.